The van der Waals surface area contributed by atoms with Gasteiger partial charge >= 0.3 is 0 Å². The molecule has 49 heavy (non-hydrogen) atoms. The third kappa shape index (κ3) is 10.5. The van der Waals surface area contributed by atoms with E-state index >= 15 is 0 Å². The third-order valence-corrected chi connectivity index (χ3v) is 7.45. The van der Waals surface area contributed by atoms with Crippen molar-refractivity contribution in [3.8, 4) is 34.7 Å². The average molecular weight is 704 g/mol. The molecule has 8 nitrogen and oxygen atoms in total. The van der Waals surface area contributed by atoms with Gasteiger partial charge in [0.05, 0.1) is 55.8 Å². The topological polar surface area (TPSA) is 146 Å². The van der Waals surface area contributed by atoms with Gasteiger partial charge in [-0.2, -0.15) is 10.5 Å². The van der Waals surface area contributed by atoms with Gasteiger partial charge in [-0.3, -0.25) is 19.6 Å². The highest BCUT2D eigenvalue weighted by atomic mass is 35.5. The van der Waals surface area contributed by atoms with E-state index < -0.39 is 5.24 Å². The van der Waals surface area contributed by atoms with Crippen molar-refractivity contribution in [1.29, 1.82) is 10.5 Å². The molecule has 0 bridgehead atoms. The number of hydrogen-bond acceptors (Lipinski definition) is 7. The van der Waals surface area contributed by atoms with Crippen LogP contribution in [0.1, 0.15) is 31.8 Å². The number of pyridine rings is 2. The number of carbonyl (C=O) groups is 2. The number of amides is 1. The Morgan fingerprint density at radius 2 is 1.12 bits per heavy atom. The molecule has 0 unspecified atom stereocenters. The molecule has 0 radical (unpaired) electrons. The van der Waals surface area contributed by atoms with Crippen LogP contribution in [0.2, 0.25) is 10.0 Å². The molecule has 0 saturated heterocycles. The maximum absolute atomic E-state index is 12.4. The number of nitrogens with one attached hydrogen (secondary N) is 1. The fraction of sp³-hybridized carbons (Fsp3) is 0. The molecule has 0 aliphatic rings. The summed E-state index contributed by atoms with van der Waals surface area (Å²) in [6.07, 6.45) is 3.35. The van der Waals surface area contributed by atoms with E-state index in [9.17, 15) is 9.59 Å². The minimum atomic E-state index is -0.655. The number of nitrogens with zero attached hydrogens (tertiary/aromatic N) is 4. The monoisotopic (exact) mass is 702 g/mol. The second-order valence-electron chi connectivity index (χ2n) is 9.98. The first-order chi connectivity index (χ1) is 23.7. The highest BCUT2D eigenvalue weighted by Gasteiger charge is 2.12. The molecule has 0 aliphatic carbocycles. The lowest BCUT2D eigenvalue weighted by molar-refractivity contribution is 0.102. The van der Waals surface area contributed by atoms with E-state index in [4.69, 9.17) is 51.1 Å². The summed E-state index contributed by atoms with van der Waals surface area (Å²) >= 11 is 16.9. The number of nitrogen functional groups attached to an aromatic ring is 1. The van der Waals surface area contributed by atoms with Crippen LogP contribution >= 0.6 is 34.8 Å². The molecule has 240 valence electrons. The molecule has 1 amide bonds. The largest absolute Gasteiger partial charge is 0.399 e. The summed E-state index contributed by atoms with van der Waals surface area (Å²) in [6, 6.07) is 39.6. The van der Waals surface area contributed by atoms with Crippen molar-refractivity contribution in [2.24, 2.45) is 0 Å². The van der Waals surface area contributed by atoms with E-state index in [1.807, 2.05) is 78.9 Å². The zero-order chi connectivity index (χ0) is 35.2. The molecule has 6 aromatic rings. The van der Waals surface area contributed by atoms with Crippen LogP contribution in [0.5, 0.6) is 0 Å². The van der Waals surface area contributed by atoms with E-state index in [-0.39, 0.29) is 22.1 Å². The Bertz CT molecular complexity index is 2170. The molecule has 6 rings (SSSR count). The van der Waals surface area contributed by atoms with E-state index in [1.54, 1.807) is 36.7 Å². The average Bonchev–Trinajstić information content (AvgIpc) is 3.13. The van der Waals surface area contributed by atoms with E-state index in [1.165, 1.54) is 30.3 Å². The van der Waals surface area contributed by atoms with E-state index in [0.717, 1.165) is 28.2 Å². The molecule has 11 heteroatoms. The number of anilines is 2. The lowest BCUT2D eigenvalue weighted by Gasteiger charge is -2.08. The first kappa shape index (κ1) is 35.8. The fourth-order valence-corrected chi connectivity index (χ4v) is 4.81. The molecule has 2 aromatic heterocycles. The first-order valence-electron chi connectivity index (χ1n) is 14.4. The van der Waals surface area contributed by atoms with Crippen molar-refractivity contribution in [3.63, 3.8) is 0 Å². The van der Waals surface area contributed by atoms with Crippen LogP contribution in [0, 0.1) is 22.7 Å². The van der Waals surface area contributed by atoms with Gasteiger partial charge in [0.15, 0.2) is 0 Å². The Labute approximate surface area is 298 Å². The summed E-state index contributed by atoms with van der Waals surface area (Å²) in [7, 11) is 0. The molecule has 0 spiro atoms. The van der Waals surface area contributed by atoms with E-state index in [2.05, 4.69) is 15.3 Å². The van der Waals surface area contributed by atoms with Gasteiger partial charge in [-0.15, -0.1) is 0 Å². The number of carbonyl (C=O) groups excluding carboxylic acids is 2. The zero-order valence-electron chi connectivity index (χ0n) is 25.5. The van der Waals surface area contributed by atoms with Gasteiger partial charge in [0.25, 0.3) is 11.1 Å². The molecule has 3 N–H and O–H groups in total. The lowest BCUT2D eigenvalue weighted by Crippen LogP contribution is -2.13. The molecular formula is C38H25Cl3N6O2. The number of benzene rings is 4. The van der Waals surface area contributed by atoms with Crippen LogP contribution < -0.4 is 11.1 Å². The third-order valence-electron chi connectivity index (χ3n) is 6.59. The van der Waals surface area contributed by atoms with Crippen LogP contribution in [0.4, 0.5) is 11.4 Å². The minimum absolute atomic E-state index is 0.164. The summed E-state index contributed by atoms with van der Waals surface area (Å²) in [6.45, 7) is 0. The molecule has 0 atom stereocenters. The highest BCUT2D eigenvalue weighted by Crippen LogP contribution is 2.23. The second-order valence-corrected chi connectivity index (χ2v) is 11.1. The van der Waals surface area contributed by atoms with Crippen molar-refractivity contribution in [1.82, 2.24) is 9.97 Å². The van der Waals surface area contributed by atoms with E-state index in [0.29, 0.717) is 21.8 Å². The van der Waals surface area contributed by atoms with Gasteiger partial charge < -0.3 is 11.1 Å². The Balaban J connectivity index is 0.000000182. The predicted molar refractivity (Wildman–Crippen MR) is 194 cm³/mol. The lowest BCUT2D eigenvalue weighted by atomic mass is 10.1. The molecule has 2 heterocycles. The van der Waals surface area contributed by atoms with Crippen LogP contribution in [0.15, 0.2) is 134 Å². The molecule has 0 fully saturated rings. The number of rotatable bonds is 5. The zero-order valence-corrected chi connectivity index (χ0v) is 27.8. The number of halogens is 3. The van der Waals surface area contributed by atoms with Gasteiger partial charge in [0.2, 0.25) is 0 Å². The Morgan fingerprint density at radius 1 is 0.633 bits per heavy atom. The van der Waals surface area contributed by atoms with Crippen molar-refractivity contribution < 1.29 is 9.59 Å². The van der Waals surface area contributed by atoms with Crippen LogP contribution in [0.3, 0.4) is 0 Å². The summed E-state index contributed by atoms with van der Waals surface area (Å²) in [5, 5.41) is 20.1. The maximum atomic E-state index is 12.4. The Hall–Kier alpha value is -6.03. The summed E-state index contributed by atoms with van der Waals surface area (Å²) in [5.74, 6) is -0.373. The number of aromatic nitrogens is 2. The van der Waals surface area contributed by atoms with Crippen molar-refractivity contribution in [3.05, 3.63) is 166 Å². The van der Waals surface area contributed by atoms with Crippen LogP contribution in [0.25, 0.3) is 22.5 Å². The van der Waals surface area contributed by atoms with Crippen molar-refractivity contribution in [2.75, 3.05) is 11.1 Å². The number of hydrogen-bond donors (Lipinski definition) is 2. The molecular weight excluding hydrogens is 679 g/mol. The molecule has 0 aliphatic heterocycles. The smallest absolute Gasteiger partial charge is 0.257 e. The Morgan fingerprint density at radius 3 is 1.63 bits per heavy atom. The standard InChI is InChI=1S/C19H12ClN3O.C11H10N2.C8H3Cl2NO/c20-17-7-6-13(12-21)10-16(17)19(24)23-15-8-9-22-18(11-15)14-4-2-1-3-5-14;12-10-6-7-13-11(8-10)9-4-2-1-3-5-9;9-7-2-1-5(4-11)3-6(7)8(10)12/h1-11H,(H,22,23,24);1-8H,(H2,12,13);1-3H. The van der Waals surface area contributed by atoms with Crippen LogP contribution in [-0.2, 0) is 0 Å². The number of nitriles is 2. The summed E-state index contributed by atoms with van der Waals surface area (Å²) in [5.41, 5.74) is 11.9. The Kier molecular flexibility index (Phi) is 13.0. The second kappa shape index (κ2) is 17.8. The van der Waals surface area contributed by atoms with Crippen LogP contribution in [-0.4, -0.2) is 21.1 Å². The summed E-state index contributed by atoms with van der Waals surface area (Å²) in [4.78, 5) is 31.7. The molecule has 0 saturated carbocycles. The summed E-state index contributed by atoms with van der Waals surface area (Å²) < 4.78 is 0. The van der Waals surface area contributed by atoms with Crippen molar-refractivity contribution in [2.45, 2.75) is 0 Å². The fourth-order valence-electron chi connectivity index (χ4n) is 4.20. The van der Waals surface area contributed by atoms with Gasteiger partial charge in [0.1, 0.15) is 0 Å². The SMILES string of the molecule is N#Cc1ccc(Cl)c(C(=O)Cl)c1.N#Cc1ccc(Cl)c(C(=O)Nc2ccnc(-c3ccccc3)c2)c1.Nc1ccnc(-c2ccccc2)c1. The van der Waals surface area contributed by atoms with Gasteiger partial charge in [-0.25, -0.2) is 0 Å². The number of nitrogens with two attached hydrogens (primary N) is 1. The minimum Gasteiger partial charge on any atom is -0.399 e. The van der Waals surface area contributed by atoms with Crippen molar-refractivity contribution >= 4 is 57.3 Å². The first-order valence-corrected chi connectivity index (χ1v) is 15.5. The predicted octanol–water partition coefficient (Wildman–Crippen LogP) is 9.45. The van der Waals surface area contributed by atoms with Gasteiger partial charge in [0, 0.05) is 34.9 Å². The van der Waals surface area contributed by atoms with Gasteiger partial charge in [-0.1, -0.05) is 83.9 Å². The quantitative estimate of drug-likeness (QED) is 0.170. The maximum Gasteiger partial charge on any atom is 0.257 e. The highest BCUT2D eigenvalue weighted by molar-refractivity contribution is 6.68. The molecule has 4 aromatic carbocycles. The normalized spacial score (nSPS) is 9.73. The van der Waals surface area contributed by atoms with Gasteiger partial charge in [-0.05, 0) is 72.3 Å².